The molecule has 0 unspecified atom stereocenters. The summed E-state index contributed by atoms with van der Waals surface area (Å²) in [5.74, 6) is 0.00715. The number of likely N-dealkylation sites (N-methyl/N-ethyl adjacent to an activating group) is 1. The number of carbonyl (C=O) groups excluding carboxylic acids is 1. The minimum atomic E-state index is -0.291. The molecule has 1 rings (SSSR count). The third-order valence-electron chi connectivity index (χ3n) is 2.33. The summed E-state index contributed by atoms with van der Waals surface area (Å²) in [4.78, 5) is 14.0. The van der Waals surface area contributed by atoms with E-state index in [2.05, 4.69) is 5.32 Å². The van der Waals surface area contributed by atoms with Crippen LogP contribution in [-0.2, 0) is 0 Å². The molecule has 1 amide bonds. The number of hydrogen-bond donors (Lipinski definition) is 1. The summed E-state index contributed by atoms with van der Waals surface area (Å²) >= 11 is 12.0. The fourth-order valence-electron chi connectivity index (χ4n) is 1.43. The van der Waals surface area contributed by atoms with Crippen LogP contribution in [0.25, 0.3) is 0 Å². The van der Waals surface area contributed by atoms with Crippen LogP contribution >= 0.6 is 35.6 Å². The lowest BCUT2D eigenvalue weighted by Gasteiger charge is -2.14. The van der Waals surface area contributed by atoms with Gasteiger partial charge in [0.1, 0.15) is 5.56 Å². The van der Waals surface area contributed by atoms with Gasteiger partial charge in [0.05, 0.1) is 17.2 Å². The Labute approximate surface area is 129 Å². The van der Waals surface area contributed by atoms with Gasteiger partial charge >= 0.3 is 0 Å². The standard InChI is InChI=1S/C12H16Cl2N2O2.ClH/c1-16(2)7-6-15-12(17)10-8(13)4-5-9(14)11(10)18-3;/h4-5H,6-7H2,1-3H3,(H,15,17);1H. The largest absolute Gasteiger partial charge is 0.494 e. The van der Waals surface area contributed by atoms with Gasteiger partial charge in [-0.3, -0.25) is 4.79 Å². The van der Waals surface area contributed by atoms with Crippen molar-refractivity contribution < 1.29 is 9.53 Å². The predicted molar refractivity (Wildman–Crippen MR) is 81.1 cm³/mol. The highest BCUT2D eigenvalue weighted by atomic mass is 35.5. The van der Waals surface area contributed by atoms with Crippen molar-refractivity contribution in [2.75, 3.05) is 34.3 Å². The molecule has 0 radical (unpaired) electrons. The van der Waals surface area contributed by atoms with Crippen molar-refractivity contribution in [1.82, 2.24) is 10.2 Å². The SMILES string of the molecule is COc1c(Cl)ccc(Cl)c1C(=O)NCCN(C)C.Cl. The molecule has 0 saturated heterocycles. The molecule has 0 aliphatic rings. The van der Waals surface area contributed by atoms with Crippen molar-refractivity contribution in [2.45, 2.75) is 0 Å². The number of amides is 1. The van der Waals surface area contributed by atoms with Gasteiger partial charge in [0.2, 0.25) is 0 Å². The molecule has 0 saturated carbocycles. The summed E-state index contributed by atoms with van der Waals surface area (Å²) in [7, 11) is 5.31. The van der Waals surface area contributed by atoms with Crippen LogP contribution in [0.5, 0.6) is 5.75 Å². The molecule has 1 N–H and O–H groups in total. The number of rotatable bonds is 5. The molecule has 0 heterocycles. The van der Waals surface area contributed by atoms with E-state index in [0.29, 0.717) is 22.3 Å². The minimum absolute atomic E-state index is 0. The lowest BCUT2D eigenvalue weighted by Crippen LogP contribution is -2.31. The molecule has 19 heavy (non-hydrogen) atoms. The van der Waals surface area contributed by atoms with Gasteiger partial charge in [-0.05, 0) is 26.2 Å². The first-order valence-electron chi connectivity index (χ1n) is 5.42. The molecule has 0 bridgehead atoms. The molecular formula is C12H17Cl3N2O2. The first kappa shape index (κ1) is 18.3. The third-order valence-corrected chi connectivity index (χ3v) is 2.95. The van der Waals surface area contributed by atoms with E-state index in [1.807, 2.05) is 19.0 Å². The Morgan fingerprint density at radius 1 is 1.32 bits per heavy atom. The monoisotopic (exact) mass is 326 g/mol. The van der Waals surface area contributed by atoms with Crippen LogP contribution in [0.1, 0.15) is 10.4 Å². The topological polar surface area (TPSA) is 41.6 Å². The van der Waals surface area contributed by atoms with Crippen LogP contribution in [0.2, 0.25) is 10.0 Å². The van der Waals surface area contributed by atoms with Gasteiger partial charge in [0.15, 0.2) is 5.75 Å². The van der Waals surface area contributed by atoms with Crippen molar-refractivity contribution in [1.29, 1.82) is 0 Å². The van der Waals surface area contributed by atoms with Crippen LogP contribution in [0, 0.1) is 0 Å². The average Bonchev–Trinajstić information content (AvgIpc) is 2.30. The molecule has 4 nitrogen and oxygen atoms in total. The zero-order valence-electron chi connectivity index (χ0n) is 11.0. The highest BCUT2D eigenvalue weighted by Crippen LogP contribution is 2.33. The summed E-state index contributed by atoms with van der Waals surface area (Å²) in [5, 5.41) is 3.45. The van der Waals surface area contributed by atoms with Crippen molar-refractivity contribution in [3.8, 4) is 5.75 Å². The van der Waals surface area contributed by atoms with Crippen LogP contribution in [0.15, 0.2) is 12.1 Å². The maximum atomic E-state index is 12.0. The van der Waals surface area contributed by atoms with E-state index in [9.17, 15) is 4.79 Å². The highest BCUT2D eigenvalue weighted by Gasteiger charge is 2.18. The van der Waals surface area contributed by atoms with Crippen LogP contribution in [-0.4, -0.2) is 45.1 Å². The minimum Gasteiger partial charge on any atom is -0.494 e. The number of halogens is 3. The van der Waals surface area contributed by atoms with Crippen molar-refractivity contribution >= 4 is 41.5 Å². The molecule has 0 aromatic heterocycles. The van der Waals surface area contributed by atoms with Crippen LogP contribution in [0.4, 0.5) is 0 Å². The van der Waals surface area contributed by atoms with E-state index in [-0.39, 0.29) is 23.9 Å². The maximum absolute atomic E-state index is 12.0. The number of carbonyl (C=O) groups is 1. The maximum Gasteiger partial charge on any atom is 0.256 e. The smallest absolute Gasteiger partial charge is 0.256 e. The number of benzene rings is 1. The number of hydrogen-bond acceptors (Lipinski definition) is 3. The Hall–Kier alpha value is -0.680. The van der Waals surface area contributed by atoms with E-state index in [4.69, 9.17) is 27.9 Å². The van der Waals surface area contributed by atoms with Gasteiger partial charge in [0.25, 0.3) is 5.91 Å². The zero-order chi connectivity index (χ0) is 13.7. The Kier molecular flexibility index (Phi) is 8.18. The number of nitrogens with one attached hydrogen (secondary N) is 1. The summed E-state index contributed by atoms with van der Waals surface area (Å²) < 4.78 is 5.12. The Bertz CT molecular complexity index is 439. The molecular weight excluding hydrogens is 311 g/mol. The molecule has 0 atom stereocenters. The number of nitrogens with zero attached hydrogens (tertiary/aromatic N) is 1. The fraction of sp³-hybridized carbons (Fsp3) is 0.417. The van der Waals surface area contributed by atoms with Crippen LogP contribution in [0.3, 0.4) is 0 Å². The predicted octanol–water partition coefficient (Wildman–Crippen LogP) is 2.72. The quantitative estimate of drug-likeness (QED) is 0.904. The highest BCUT2D eigenvalue weighted by molar-refractivity contribution is 6.37. The fourth-order valence-corrected chi connectivity index (χ4v) is 1.90. The van der Waals surface area contributed by atoms with E-state index < -0.39 is 0 Å². The first-order chi connectivity index (χ1) is 8.47. The molecule has 0 aliphatic carbocycles. The Morgan fingerprint density at radius 3 is 2.42 bits per heavy atom. The van der Waals surface area contributed by atoms with E-state index in [1.165, 1.54) is 7.11 Å². The molecule has 1 aromatic carbocycles. The summed E-state index contributed by atoms with van der Waals surface area (Å²) in [5.41, 5.74) is 0.269. The second-order valence-electron chi connectivity index (χ2n) is 4.00. The lowest BCUT2D eigenvalue weighted by atomic mass is 10.2. The van der Waals surface area contributed by atoms with Crippen LogP contribution < -0.4 is 10.1 Å². The van der Waals surface area contributed by atoms with Gasteiger partial charge in [0, 0.05) is 13.1 Å². The molecule has 1 aromatic rings. The van der Waals surface area contributed by atoms with E-state index in [0.717, 1.165) is 6.54 Å². The molecule has 0 fully saturated rings. The van der Waals surface area contributed by atoms with Crippen molar-refractivity contribution in [2.24, 2.45) is 0 Å². The second-order valence-corrected chi connectivity index (χ2v) is 4.81. The normalized spacial score (nSPS) is 10.0. The summed E-state index contributed by atoms with van der Waals surface area (Å²) in [6, 6.07) is 3.17. The number of methoxy groups -OCH3 is 1. The average molecular weight is 328 g/mol. The molecule has 7 heteroatoms. The molecule has 0 spiro atoms. The second kappa shape index (κ2) is 8.48. The Balaban J connectivity index is 0.00000324. The van der Waals surface area contributed by atoms with Gasteiger partial charge in [-0.2, -0.15) is 0 Å². The number of ether oxygens (including phenoxy) is 1. The van der Waals surface area contributed by atoms with E-state index >= 15 is 0 Å². The third kappa shape index (κ3) is 5.07. The Morgan fingerprint density at radius 2 is 1.89 bits per heavy atom. The van der Waals surface area contributed by atoms with E-state index in [1.54, 1.807) is 12.1 Å². The molecule has 108 valence electrons. The summed E-state index contributed by atoms with van der Waals surface area (Å²) in [6.45, 7) is 1.27. The molecule has 0 aliphatic heterocycles. The van der Waals surface area contributed by atoms with Gasteiger partial charge < -0.3 is 15.0 Å². The van der Waals surface area contributed by atoms with Gasteiger partial charge in [-0.15, -0.1) is 12.4 Å². The lowest BCUT2D eigenvalue weighted by molar-refractivity contribution is 0.0948. The van der Waals surface area contributed by atoms with Gasteiger partial charge in [-0.1, -0.05) is 23.2 Å². The van der Waals surface area contributed by atoms with Gasteiger partial charge in [-0.25, -0.2) is 0 Å². The zero-order valence-corrected chi connectivity index (χ0v) is 13.3. The first-order valence-corrected chi connectivity index (χ1v) is 6.18. The van der Waals surface area contributed by atoms with Crippen molar-refractivity contribution in [3.05, 3.63) is 27.7 Å². The van der Waals surface area contributed by atoms with Crippen molar-refractivity contribution in [3.63, 3.8) is 0 Å². The summed E-state index contributed by atoms with van der Waals surface area (Å²) in [6.07, 6.45) is 0.